The Morgan fingerprint density at radius 3 is 2.38 bits per heavy atom. The van der Waals surface area contributed by atoms with Crippen molar-refractivity contribution < 1.29 is 18.4 Å². The van der Waals surface area contributed by atoms with Crippen LogP contribution >= 0.6 is 0 Å². The van der Waals surface area contributed by atoms with Crippen LogP contribution in [0.15, 0.2) is 0 Å². The lowest BCUT2D eigenvalue weighted by Crippen LogP contribution is -2.28. The molecule has 0 aromatic rings. The Morgan fingerprint density at radius 2 is 2.25 bits per heavy atom. The molecule has 0 bridgehead atoms. The highest BCUT2D eigenvalue weighted by Gasteiger charge is 2.13. The van der Waals surface area contributed by atoms with Crippen LogP contribution in [0.1, 0.15) is 0 Å². The summed E-state index contributed by atoms with van der Waals surface area (Å²) in [7, 11) is 1.08. The molecule has 0 unspecified atom stereocenters. The van der Waals surface area contributed by atoms with E-state index in [-0.39, 0.29) is 0 Å². The van der Waals surface area contributed by atoms with Crippen LogP contribution in [-0.4, -0.2) is 19.4 Å². The highest BCUT2D eigenvalue weighted by atomic mass is 19.3. The van der Waals surface area contributed by atoms with Crippen LogP contribution in [0.3, 0.4) is 0 Å². The number of hydroxylamine groups is 1. The average molecular weight is 125 g/mol. The molecule has 1 amide bonds. The van der Waals surface area contributed by atoms with Crippen molar-refractivity contribution >= 4 is 5.91 Å². The number of nitrogens with one attached hydrogen (secondary N) is 1. The zero-order valence-electron chi connectivity index (χ0n) is 4.15. The van der Waals surface area contributed by atoms with Crippen molar-refractivity contribution in [1.82, 2.24) is 5.48 Å². The van der Waals surface area contributed by atoms with Gasteiger partial charge in [0, 0.05) is 0 Å². The number of amides is 1. The first-order chi connectivity index (χ1) is 3.68. The van der Waals surface area contributed by atoms with Gasteiger partial charge in [-0.15, -0.1) is 0 Å². The molecule has 1 N–H and O–H groups in total. The first-order valence-electron chi connectivity index (χ1n) is 1.79. The molecule has 0 saturated carbocycles. The largest absolute Gasteiger partial charge is 0.317 e. The molecule has 0 aliphatic rings. The van der Waals surface area contributed by atoms with Gasteiger partial charge in [-0.1, -0.05) is 0 Å². The van der Waals surface area contributed by atoms with E-state index < -0.39 is 12.3 Å². The summed E-state index contributed by atoms with van der Waals surface area (Å²) in [4.78, 5) is 13.6. The van der Waals surface area contributed by atoms with Crippen molar-refractivity contribution in [2.24, 2.45) is 0 Å². The van der Waals surface area contributed by atoms with Gasteiger partial charge in [0.1, 0.15) is 0 Å². The number of hydrogen-bond donors (Lipinski definition) is 1. The minimum atomic E-state index is -3.00. The van der Waals surface area contributed by atoms with E-state index in [4.69, 9.17) is 0 Å². The van der Waals surface area contributed by atoms with Crippen molar-refractivity contribution in [3.63, 3.8) is 0 Å². The standard InChI is InChI=1S/C3H5F2NO2/c1-8-6-3(7)2(4)5/h2H,1H3,(H,6,7). The molecule has 48 valence electrons. The van der Waals surface area contributed by atoms with Crippen molar-refractivity contribution in [2.45, 2.75) is 6.43 Å². The molecule has 0 spiro atoms. The number of halogens is 2. The number of hydrogen-bond acceptors (Lipinski definition) is 2. The lowest BCUT2D eigenvalue weighted by molar-refractivity contribution is -0.142. The Hall–Kier alpha value is -0.710. The van der Waals surface area contributed by atoms with E-state index in [9.17, 15) is 13.6 Å². The summed E-state index contributed by atoms with van der Waals surface area (Å²) in [6.45, 7) is 0. The smallest absolute Gasteiger partial charge is 0.277 e. The predicted octanol–water partition coefficient (Wildman–Crippen LogP) is -0.0709. The van der Waals surface area contributed by atoms with Crippen LogP contribution in [0.2, 0.25) is 0 Å². The molecular formula is C3H5F2NO2. The molecule has 0 radical (unpaired) electrons. The highest BCUT2D eigenvalue weighted by molar-refractivity contribution is 5.77. The van der Waals surface area contributed by atoms with Crippen LogP contribution in [-0.2, 0) is 9.63 Å². The minimum absolute atomic E-state index is 1.08. The van der Waals surface area contributed by atoms with E-state index >= 15 is 0 Å². The number of rotatable bonds is 2. The van der Waals surface area contributed by atoms with Gasteiger partial charge < -0.3 is 0 Å². The zero-order chi connectivity index (χ0) is 6.57. The SMILES string of the molecule is CONC(=O)C(F)F. The highest BCUT2D eigenvalue weighted by Crippen LogP contribution is 1.89. The summed E-state index contributed by atoms with van der Waals surface area (Å²) in [6, 6.07) is 0. The van der Waals surface area contributed by atoms with Gasteiger partial charge in [0.2, 0.25) is 0 Å². The van der Waals surface area contributed by atoms with E-state index in [2.05, 4.69) is 4.84 Å². The number of carbonyl (C=O) groups is 1. The second-order valence-electron chi connectivity index (χ2n) is 0.971. The summed E-state index contributed by atoms with van der Waals surface area (Å²) in [5.74, 6) is -1.42. The second-order valence-corrected chi connectivity index (χ2v) is 0.971. The summed E-state index contributed by atoms with van der Waals surface area (Å²) in [6.07, 6.45) is -3.00. The molecule has 0 aromatic heterocycles. The Labute approximate surface area is 44.6 Å². The Bertz CT molecular complexity index is 85.4. The van der Waals surface area contributed by atoms with Gasteiger partial charge in [-0.3, -0.25) is 9.63 Å². The van der Waals surface area contributed by atoms with E-state index in [1.165, 1.54) is 5.48 Å². The van der Waals surface area contributed by atoms with Gasteiger partial charge in [0.05, 0.1) is 7.11 Å². The zero-order valence-corrected chi connectivity index (χ0v) is 4.15. The summed E-state index contributed by atoms with van der Waals surface area (Å²) >= 11 is 0. The van der Waals surface area contributed by atoms with Crippen LogP contribution < -0.4 is 5.48 Å². The summed E-state index contributed by atoms with van der Waals surface area (Å²) in [5.41, 5.74) is 1.46. The number of carbonyl (C=O) groups excluding carboxylic acids is 1. The second kappa shape index (κ2) is 3.31. The molecule has 0 aromatic carbocycles. The summed E-state index contributed by atoms with van der Waals surface area (Å²) in [5, 5.41) is 0. The van der Waals surface area contributed by atoms with Crippen molar-refractivity contribution in [2.75, 3.05) is 7.11 Å². The van der Waals surface area contributed by atoms with E-state index in [0.29, 0.717) is 0 Å². The molecule has 5 heteroatoms. The Balaban J connectivity index is 3.33. The van der Waals surface area contributed by atoms with E-state index in [1.54, 1.807) is 0 Å². The quantitative estimate of drug-likeness (QED) is 0.524. The Morgan fingerprint density at radius 1 is 1.75 bits per heavy atom. The fourth-order valence-corrected chi connectivity index (χ4v) is 0.145. The monoisotopic (exact) mass is 125 g/mol. The third-order valence-electron chi connectivity index (χ3n) is 0.401. The van der Waals surface area contributed by atoms with Crippen LogP contribution in [0.25, 0.3) is 0 Å². The number of alkyl halides is 2. The van der Waals surface area contributed by atoms with Gasteiger partial charge in [-0.25, -0.2) is 5.48 Å². The lowest BCUT2D eigenvalue weighted by atomic mass is 10.7. The van der Waals surface area contributed by atoms with Crippen molar-refractivity contribution in [3.05, 3.63) is 0 Å². The molecule has 0 atom stereocenters. The van der Waals surface area contributed by atoms with Gasteiger partial charge in [-0.05, 0) is 0 Å². The topological polar surface area (TPSA) is 38.3 Å². The molecule has 3 nitrogen and oxygen atoms in total. The fraction of sp³-hybridized carbons (Fsp3) is 0.667. The minimum Gasteiger partial charge on any atom is -0.277 e. The normalized spacial score (nSPS) is 9.50. The maximum absolute atomic E-state index is 11.1. The third kappa shape index (κ3) is 2.46. The van der Waals surface area contributed by atoms with Gasteiger partial charge in [-0.2, -0.15) is 8.78 Å². The van der Waals surface area contributed by atoms with Gasteiger partial charge in [0.15, 0.2) is 0 Å². The molecule has 0 aliphatic heterocycles. The van der Waals surface area contributed by atoms with E-state index in [1.807, 2.05) is 0 Å². The Kier molecular flexibility index (Phi) is 3.02. The average Bonchev–Trinajstić information content (AvgIpc) is 1.67. The molecule has 0 aliphatic carbocycles. The van der Waals surface area contributed by atoms with Crippen LogP contribution in [0.5, 0.6) is 0 Å². The van der Waals surface area contributed by atoms with E-state index in [0.717, 1.165) is 7.11 Å². The summed E-state index contributed by atoms with van der Waals surface area (Å²) < 4.78 is 22.2. The van der Waals surface area contributed by atoms with Crippen molar-refractivity contribution in [3.8, 4) is 0 Å². The van der Waals surface area contributed by atoms with Crippen LogP contribution in [0, 0.1) is 0 Å². The fourth-order valence-electron chi connectivity index (χ4n) is 0.145. The molecule has 0 heterocycles. The van der Waals surface area contributed by atoms with Crippen LogP contribution in [0.4, 0.5) is 8.78 Å². The first-order valence-corrected chi connectivity index (χ1v) is 1.79. The first kappa shape index (κ1) is 7.29. The lowest BCUT2D eigenvalue weighted by Gasteiger charge is -1.96. The molecule has 8 heavy (non-hydrogen) atoms. The van der Waals surface area contributed by atoms with Gasteiger partial charge >= 0.3 is 12.3 Å². The van der Waals surface area contributed by atoms with Gasteiger partial charge in [0.25, 0.3) is 0 Å². The maximum Gasteiger partial charge on any atom is 0.317 e. The molecule has 0 rings (SSSR count). The predicted molar refractivity (Wildman–Crippen MR) is 21.2 cm³/mol. The van der Waals surface area contributed by atoms with Crippen molar-refractivity contribution in [1.29, 1.82) is 0 Å². The molecule has 0 saturated heterocycles. The third-order valence-corrected chi connectivity index (χ3v) is 0.401. The molecular weight excluding hydrogens is 120 g/mol. The molecule has 0 fully saturated rings. The maximum atomic E-state index is 11.1.